The van der Waals surface area contributed by atoms with Gasteiger partial charge >= 0.3 is 5.69 Å². The van der Waals surface area contributed by atoms with Gasteiger partial charge in [0.05, 0.1) is 23.4 Å². The molecule has 3 rings (SSSR count). The molecule has 0 unspecified atom stereocenters. The number of rotatable bonds is 6. The molecule has 0 aliphatic heterocycles. The van der Waals surface area contributed by atoms with Gasteiger partial charge in [-0.3, -0.25) is 10.1 Å². The average Bonchev–Trinajstić information content (AvgIpc) is 2.63. The van der Waals surface area contributed by atoms with Crippen molar-refractivity contribution < 1.29 is 14.1 Å². The molecule has 0 radical (unpaired) electrons. The Balaban J connectivity index is 2.04. The Morgan fingerprint density at radius 1 is 1.07 bits per heavy atom. The Morgan fingerprint density at radius 3 is 2.41 bits per heavy atom. The van der Waals surface area contributed by atoms with Crippen LogP contribution >= 0.6 is 0 Å². The number of aromatic nitrogens is 2. The van der Waals surface area contributed by atoms with Gasteiger partial charge in [-0.25, -0.2) is 4.39 Å². The number of anilines is 5. The maximum absolute atomic E-state index is 13.8. The first kappa shape index (κ1) is 17.9. The molecule has 4 N–H and O–H groups in total. The van der Waals surface area contributed by atoms with Crippen LogP contribution in [0.3, 0.4) is 0 Å². The molecule has 0 saturated carbocycles. The minimum Gasteiger partial charge on any atom is -0.495 e. The minimum atomic E-state index is -0.694. The van der Waals surface area contributed by atoms with Crippen LogP contribution in [-0.2, 0) is 0 Å². The third-order valence-corrected chi connectivity index (χ3v) is 3.57. The summed E-state index contributed by atoms with van der Waals surface area (Å²) in [6.45, 7) is 0. The van der Waals surface area contributed by atoms with Crippen LogP contribution in [0.1, 0.15) is 0 Å². The number of hydrogen-bond donors (Lipinski definition) is 3. The molecular weight excluding hydrogens is 355 g/mol. The summed E-state index contributed by atoms with van der Waals surface area (Å²) in [5.41, 5.74) is 5.79. The van der Waals surface area contributed by atoms with Gasteiger partial charge in [0.25, 0.3) is 0 Å². The first-order valence-electron chi connectivity index (χ1n) is 7.73. The van der Waals surface area contributed by atoms with E-state index in [2.05, 4.69) is 20.6 Å². The quantitative estimate of drug-likeness (QED) is 0.443. The topological polar surface area (TPSA) is 128 Å². The van der Waals surface area contributed by atoms with Gasteiger partial charge in [-0.15, -0.1) is 0 Å². The molecule has 138 valence electrons. The third kappa shape index (κ3) is 3.84. The number of nitrogens with two attached hydrogens (primary N) is 1. The van der Waals surface area contributed by atoms with E-state index in [9.17, 15) is 14.5 Å². The maximum atomic E-state index is 13.8. The number of nitrogen functional groups attached to an aromatic ring is 1. The lowest BCUT2D eigenvalue weighted by Gasteiger charge is -2.13. The molecular formula is C17H15FN6O3. The molecule has 0 amide bonds. The largest absolute Gasteiger partial charge is 0.495 e. The Labute approximate surface area is 153 Å². The molecule has 3 aromatic rings. The number of methoxy groups -OCH3 is 1. The second-order valence-corrected chi connectivity index (χ2v) is 5.32. The van der Waals surface area contributed by atoms with Gasteiger partial charge in [0, 0.05) is 0 Å². The fraction of sp³-hybridized carbons (Fsp3) is 0.0588. The van der Waals surface area contributed by atoms with Crippen molar-refractivity contribution in [2.24, 2.45) is 0 Å². The van der Waals surface area contributed by atoms with Crippen molar-refractivity contribution in [3.05, 3.63) is 64.5 Å². The van der Waals surface area contributed by atoms with Crippen molar-refractivity contribution in [3.63, 3.8) is 0 Å². The smallest absolute Gasteiger partial charge is 0.353 e. The predicted molar refractivity (Wildman–Crippen MR) is 99.1 cm³/mol. The number of benzene rings is 2. The second kappa shape index (κ2) is 7.52. The van der Waals surface area contributed by atoms with Crippen molar-refractivity contribution >= 4 is 34.6 Å². The normalized spacial score (nSPS) is 10.3. The number of halogens is 1. The highest BCUT2D eigenvalue weighted by Crippen LogP contribution is 2.34. The molecule has 0 fully saturated rings. The summed E-state index contributed by atoms with van der Waals surface area (Å²) in [6.07, 6.45) is 0. The van der Waals surface area contributed by atoms with E-state index in [1.165, 1.54) is 25.3 Å². The molecule has 2 aromatic carbocycles. The summed E-state index contributed by atoms with van der Waals surface area (Å²) in [5.74, 6) is -0.701. The van der Waals surface area contributed by atoms with Gasteiger partial charge in [0.1, 0.15) is 11.6 Å². The summed E-state index contributed by atoms with van der Waals surface area (Å²) >= 11 is 0. The summed E-state index contributed by atoms with van der Waals surface area (Å²) in [6, 6.07) is 12.7. The highest BCUT2D eigenvalue weighted by molar-refractivity contribution is 5.77. The standard InChI is InChI=1S/C17H15FN6O3/c1-27-13-9-5-4-8-12(13)20-16-14(24(25)26)15(19)22-17(23-16)21-11-7-3-2-6-10(11)18/h2-9H,1H3,(H4,19,20,21,22,23). The third-order valence-electron chi connectivity index (χ3n) is 3.57. The van der Waals surface area contributed by atoms with Gasteiger partial charge in [-0.1, -0.05) is 24.3 Å². The lowest BCUT2D eigenvalue weighted by atomic mass is 10.3. The van der Waals surface area contributed by atoms with E-state index in [-0.39, 0.29) is 23.3 Å². The Bertz CT molecular complexity index is 998. The summed E-state index contributed by atoms with van der Waals surface area (Å²) in [4.78, 5) is 18.6. The molecule has 0 spiro atoms. The van der Waals surface area contributed by atoms with Crippen molar-refractivity contribution in [1.29, 1.82) is 0 Å². The monoisotopic (exact) mass is 370 g/mol. The lowest BCUT2D eigenvalue weighted by Crippen LogP contribution is -2.09. The van der Waals surface area contributed by atoms with Crippen LogP contribution in [0.5, 0.6) is 5.75 Å². The van der Waals surface area contributed by atoms with E-state index in [1.807, 2.05) is 0 Å². The molecule has 0 atom stereocenters. The van der Waals surface area contributed by atoms with E-state index < -0.39 is 16.4 Å². The SMILES string of the molecule is COc1ccccc1Nc1nc(Nc2ccccc2F)nc(N)c1[N+](=O)[O-]. The van der Waals surface area contributed by atoms with Gasteiger partial charge in [0.15, 0.2) is 0 Å². The van der Waals surface area contributed by atoms with Crippen LogP contribution in [0.25, 0.3) is 0 Å². The van der Waals surface area contributed by atoms with Gasteiger partial charge in [-0.05, 0) is 24.3 Å². The zero-order valence-electron chi connectivity index (χ0n) is 14.1. The average molecular weight is 370 g/mol. The number of ether oxygens (including phenoxy) is 1. The lowest BCUT2D eigenvalue weighted by molar-refractivity contribution is -0.383. The second-order valence-electron chi connectivity index (χ2n) is 5.32. The van der Waals surface area contributed by atoms with E-state index >= 15 is 0 Å². The van der Waals surface area contributed by atoms with Crippen LogP contribution in [0.15, 0.2) is 48.5 Å². The molecule has 0 saturated heterocycles. The molecule has 0 aliphatic rings. The van der Waals surface area contributed by atoms with Crippen LogP contribution in [-0.4, -0.2) is 22.0 Å². The number of nitrogens with one attached hydrogen (secondary N) is 2. The highest BCUT2D eigenvalue weighted by Gasteiger charge is 2.24. The van der Waals surface area contributed by atoms with Crippen molar-refractivity contribution in [3.8, 4) is 5.75 Å². The highest BCUT2D eigenvalue weighted by atomic mass is 19.1. The van der Waals surface area contributed by atoms with E-state index in [1.54, 1.807) is 30.3 Å². The fourth-order valence-electron chi connectivity index (χ4n) is 2.35. The Kier molecular flexibility index (Phi) is 4.97. The van der Waals surface area contributed by atoms with E-state index in [4.69, 9.17) is 10.5 Å². The summed E-state index contributed by atoms with van der Waals surface area (Å²) in [5, 5.41) is 16.9. The number of nitro groups is 1. The molecule has 27 heavy (non-hydrogen) atoms. The van der Waals surface area contributed by atoms with Crippen molar-refractivity contribution in [2.75, 3.05) is 23.5 Å². The predicted octanol–water partition coefficient (Wildman–Crippen LogP) is 3.60. The number of para-hydroxylation sites is 3. The van der Waals surface area contributed by atoms with Crippen LogP contribution in [0, 0.1) is 15.9 Å². The van der Waals surface area contributed by atoms with Gasteiger partial charge in [0.2, 0.25) is 17.6 Å². The molecule has 0 bridgehead atoms. The zero-order chi connectivity index (χ0) is 19.4. The molecule has 0 aliphatic carbocycles. The first-order valence-corrected chi connectivity index (χ1v) is 7.73. The molecule has 10 heteroatoms. The van der Waals surface area contributed by atoms with E-state index in [0.717, 1.165) is 0 Å². The van der Waals surface area contributed by atoms with E-state index in [0.29, 0.717) is 11.4 Å². The number of hydrogen-bond acceptors (Lipinski definition) is 8. The Morgan fingerprint density at radius 2 is 1.74 bits per heavy atom. The number of nitrogens with zero attached hydrogens (tertiary/aromatic N) is 3. The summed E-state index contributed by atoms with van der Waals surface area (Å²) in [7, 11) is 1.47. The molecule has 1 aromatic heterocycles. The molecule has 9 nitrogen and oxygen atoms in total. The van der Waals surface area contributed by atoms with Crippen molar-refractivity contribution in [1.82, 2.24) is 9.97 Å². The zero-order valence-corrected chi connectivity index (χ0v) is 14.1. The van der Waals surface area contributed by atoms with Crippen molar-refractivity contribution in [2.45, 2.75) is 0 Å². The maximum Gasteiger partial charge on any atom is 0.353 e. The van der Waals surface area contributed by atoms with Crippen LogP contribution in [0.4, 0.5) is 39.0 Å². The van der Waals surface area contributed by atoms with Gasteiger partial charge < -0.3 is 21.1 Å². The van der Waals surface area contributed by atoms with Crippen LogP contribution < -0.4 is 21.1 Å². The summed E-state index contributed by atoms with van der Waals surface area (Å²) < 4.78 is 19.1. The Hall–Kier alpha value is -3.95. The first-order chi connectivity index (χ1) is 13.0. The fourth-order valence-corrected chi connectivity index (χ4v) is 2.35. The van der Waals surface area contributed by atoms with Crippen LogP contribution in [0.2, 0.25) is 0 Å². The minimum absolute atomic E-state index is 0.0967. The molecule has 1 heterocycles. The van der Waals surface area contributed by atoms with Gasteiger partial charge in [-0.2, -0.15) is 9.97 Å².